The average molecular weight is 254 g/mol. The Morgan fingerprint density at radius 2 is 0.571 bits per heavy atom. The summed E-state index contributed by atoms with van der Waals surface area (Å²) in [6.07, 6.45) is -7.00. The van der Waals surface area contributed by atoms with Crippen LogP contribution in [0, 0.1) is 0 Å². The van der Waals surface area contributed by atoms with Gasteiger partial charge in [-0.3, -0.25) is 0 Å². The Bertz CT molecular complexity index is 118. The van der Waals surface area contributed by atoms with Crippen LogP contribution in [0.3, 0.4) is 0 Å². The average Bonchev–Trinajstić information content (AvgIpc) is 1.54. The maximum atomic E-state index is 8.33. The molecule has 0 fully saturated rings. The Kier molecular flexibility index (Phi) is 47.6. The molecular weight excluding hydrogens is 254 g/mol. The molecule has 0 aliphatic rings. The van der Waals surface area contributed by atoms with Gasteiger partial charge in [-0.15, -0.1) is 0 Å². The SMILES string of the molecule is O=C([O-])[O-].O=C([O-])[O-].O=C([O-])[O-].[Na+].[V]. The second-order valence-corrected chi connectivity index (χ2v) is 0.750. The van der Waals surface area contributed by atoms with Gasteiger partial charge in [0.05, 0.1) is 0 Å². The van der Waals surface area contributed by atoms with Crippen LogP contribution in [0.2, 0.25) is 0 Å². The zero-order valence-corrected chi connectivity index (χ0v) is 10.0. The zero-order chi connectivity index (χ0) is 10.7. The summed E-state index contributed by atoms with van der Waals surface area (Å²) in [6.45, 7) is 0. The van der Waals surface area contributed by atoms with Crippen molar-refractivity contribution in [2.24, 2.45) is 0 Å². The molecule has 0 aromatic carbocycles. The number of carboxylic acid groups (broad SMARTS) is 6. The van der Waals surface area contributed by atoms with Gasteiger partial charge in [-0.05, 0) is 18.5 Å². The first-order valence-electron chi connectivity index (χ1n) is 1.84. The standard InChI is InChI=1S/3CH2O3.Na.V/c3*2-1(3)4;;/h3*(H2,2,3,4);;/q;;;+1;/p-6. The van der Waals surface area contributed by atoms with Crippen molar-refractivity contribution in [2.45, 2.75) is 0 Å². The Balaban J connectivity index is -0.0000000270. The fraction of sp³-hybridized carbons (Fsp3) is 0. The van der Waals surface area contributed by atoms with E-state index in [2.05, 4.69) is 0 Å². The van der Waals surface area contributed by atoms with Crippen molar-refractivity contribution < 1.29 is 93.1 Å². The number of carbonyl (C=O) groups excluding carboxylic acids is 3. The predicted octanol–water partition coefficient (Wildman–Crippen LogP) is -10.3. The fourth-order valence-electron chi connectivity index (χ4n) is 0. The summed E-state index contributed by atoms with van der Waals surface area (Å²) in [6, 6.07) is 0. The first-order valence-corrected chi connectivity index (χ1v) is 1.84. The van der Waals surface area contributed by atoms with E-state index in [1.807, 2.05) is 0 Å². The summed E-state index contributed by atoms with van der Waals surface area (Å²) in [5.41, 5.74) is 0. The van der Waals surface area contributed by atoms with Crippen LogP contribution < -0.4 is 60.2 Å². The van der Waals surface area contributed by atoms with E-state index in [1.54, 1.807) is 0 Å². The maximum absolute atomic E-state index is 8.33. The van der Waals surface area contributed by atoms with Crippen molar-refractivity contribution in [3.8, 4) is 0 Å². The van der Waals surface area contributed by atoms with Crippen LogP contribution in [0.5, 0.6) is 0 Å². The van der Waals surface area contributed by atoms with Crippen LogP contribution in [-0.4, -0.2) is 18.5 Å². The van der Waals surface area contributed by atoms with Gasteiger partial charge < -0.3 is 45.0 Å². The number of hydrogen-bond donors (Lipinski definition) is 0. The van der Waals surface area contributed by atoms with E-state index in [1.165, 1.54) is 0 Å². The molecular formula is C3NaO9V-5. The van der Waals surface area contributed by atoms with Gasteiger partial charge in [0, 0.05) is 18.6 Å². The Morgan fingerprint density at radius 3 is 0.571 bits per heavy atom. The van der Waals surface area contributed by atoms with Crippen LogP contribution in [0.1, 0.15) is 0 Å². The molecule has 0 spiro atoms. The van der Waals surface area contributed by atoms with E-state index in [9.17, 15) is 0 Å². The van der Waals surface area contributed by atoms with Gasteiger partial charge >= 0.3 is 29.6 Å². The topological polar surface area (TPSA) is 190 Å². The minimum Gasteiger partial charge on any atom is -0.652 e. The van der Waals surface area contributed by atoms with E-state index in [0.29, 0.717) is 0 Å². The van der Waals surface area contributed by atoms with Gasteiger partial charge in [0.2, 0.25) is 0 Å². The smallest absolute Gasteiger partial charge is 0.652 e. The summed E-state index contributed by atoms with van der Waals surface area (Å²) in [5, 5.41) is 50.0. The van der Waals surface area contributed by atoms with Crippen molar-refractivity contribution >= 4 is 18.5 Å². The van der Waals surface area contributed by atoms with E-state index < -0.39 is 18.5 Å². The van der Waals surface area contributed by atoms with Gasteiger partial charge in [0.25, 0.3) is 0 Å². The molecule has 0 amide bonds. The van der Waals surface area contributed by atoms with E-state index >= 15 is 0 Å². The second-order valence-electron chi connectivity index (χ2n) is 0.750. The van der Waals surface area contributed by atoms with E-state index in [-0.39, 0.29) is 48.1 Å². The quantitative estimate of drug-likeness (QED) is 0.377. The summed E-state index contributed by atoms with van der Waals surface area (Å²) in [4.78, 5) is 25.0. The minimum absolute atomic E-state index is 0. The van der Waals surface area contributed by atoms with E-state index in [4.69, 9.17) is 45.0 Å². The van der Waals surface area contributed by atoms with Gasteiger partial charge in [0.1, 0.15) is 0 Å². The molecule has 0 N–H and O–H groups in total. The van der Waals surface area contributed by atoms with Crippen LogP contribution >= 0.6 is 0 Å². The summed E-state index contributed by atoms with van der Waals surface area (Å²) in [7, 11) is 0. The van der Waals surface area contributed by atoms with Gasteiger partial charge in [-0.1, -0.05) is 0 Å². The number of carbonyl (C=O) groups is 3. The molecule has 0 aromatic rings. The van der Waals surface area contributed by atoms with Crippen LogP contribution in [0.15, 0.2) is 0 Å². The molecule has 11 heteroatoms. The molecule has 0 saturated heterocycles. The minimum atomic E-state index is -2.33. The van der Waals surface area contributed by atoms with E-state index in [0.717, 1.165) is 0 Å². The molecule has 0 aliphatic carbocycles. The van der Waals surface area contributed by atoms with Crippen LogP contribution in [-0.2, 0) is 18.6 Å². The molecule has 0 saturated carbocycles. The van der Waals surface area contributed by atoms with Crippen LogP contribution in [0.25, 0.3) is 0 Å². The first kappa shape index (κ1) is 29.2. The second kappa shape index (κ2) is 22.8. The van der Waals surface area contributed by atoms with Gasteiger partial charge in [-0.25, -0.2) is 0 Å². The van der Waals surface area contributed by atoms with Gasteiger partial charge in [0.15, 0.2) is 0 Å². The third kappa shape index (κ3) is 3360. The normalized spacial score (nSPS) is 5.14. The zero-order valence-electron chi connectivity index (χ0n) is 6.62. The Hall–Kier alpha value is -0.606. The molecule has 14 heavy (non-hydrogen) atoms. The molecule has 0 heterocycles. The molecule has 0 aliphatic heterocycles. The molecule has 0 atom stereocenters. The molecule has 1 radical (unpaired) electrons. The summed E-state index contributed by atoms with van der Waals surface area (Å²) < 4.78 is 0. The van der Waals surface area contributed by atoms with Crippen molar-refractivity contribution in [1.82, 2.24) is 0 Å². The third-order valence-electron chi connectivity index (χ3n) is 0. The maximum Gasteiger partial charge on any atom is 1.00 e. The number of hydrogen-bond acceptors (Lipinski definition) is 9. The van der Waals surface area contributed by atoms with Crippen molar-refractivity contribution in [3.63, 3.8) is 0 Å². The molecule has 0 bridgehead atoms. The summed E-state index contributed by atoms with van der Waals surface area (Å²) >= 11 is 0. The predicted molar refractivity (Wildman–Crippen MR) is 16.2 cm³/mol. The first-order chi connectivity index (χ1) is 5.20. The molecule has 0 unspecified atom stereocenters. The summed E-state index contributed by atoms with van der Waals surface area (Å²) in [5.74, 6) is 0. The molecule has 9 nitrogen and oxygen atoms in total. The third-order valence-corrected chi connectivity index (χ3v) is 0. The molecule has 0 aromatic heterocycles. The Labute approximate surface area is 111 Å². The monoisotopic (exact) mass is 254 g/mol. The number of rotatable bonds is 0. The molecule has 77 valence electrons. The van der Waals surface area contributed by atoms with Crippen molar-refractivity contribution in [1.29, 1.82) is 0 Å². The Morgan fingerprint density at radius 1 is 0.571 bits per heavy atom. The molecule has 0 rings (SSSR count). The van der Waals surface area contributed by atoms with Crippen LogP contribution in [0.4, 0.5) is 14.4 Å². The van der Waals surface area contributed by atoms with Crippen molar-refractivity contribution in [2.75, 3.05) is 0 Å². The van der Waals surface area contributed by atoms with Crippen molar-refractivity contribution in [3.05, 3.63) is 0 Å². The largest absolute Gasteiger partial charge is 1.00 e. The van der Waals surface area contributed by atoms with Gasteiger partial charge in [-0.2, -0.15) is 0 Å². The fourth-order valence-corrected chi connectivity index (χ4v) is 0.